The Labute approximate surface area is 155 Å². The number of urea groups is 1. The largest absolute Gasteiger partial charge is 0.359 e. The fourth-order valence-corrected chi connectivity index (χ4v) is 3.90. The van der Waals surface area contributed by atoms with Gasteiger partial charge < -0.3 is 19.6 Å². The quantitative estimate of drug-likeness (QED) is 0.763. The standard InChI is InChI=1S/C18H21N5O2S/c1-2-13-11-14(25-20-13)12-19-18(24)23-9-7-22(8-10-23)17-15-5-3-4-6-16(15)26-21-17/h3-6,11H,2,7-10,12H2,1H3,(H,19,24). The van der Waals surface area contributed by atoms with Crippen LogP contribution in [0.15, 0.2) is 34.9 Å². The number of aryl methyl sites for hydroxylation is 1. The van der Waals surface area contributed by atoms with Gasteiger partial charge in [0.1, 0.15) is 5.82 Å². The fourth-order valence-electron chi connectivity index (χ4n) is 3.10. The second kappa shape index (κ2) is 7.33. The van der Waals surface area contributed by atoms with Gasteiger partial charge in [-0.05, 0) is 30.1 Å². The van der Waals surface area contributed by atoms with Crippen molar-refractivity contribution in [3.63, 3.8) is 0 Å². The normalized spacial score (nSPS) is 14.8. The first-order valence-corrected chi connectivity index (χ1v) is 9.58. The van der Waals surface area contributed by atoms with Gasteiger partial charge in [0.2, 0.25) is 0 Å². The van der Waals surface area contributed by atoms with Crippen LogP contribution in [0.2, 0.25) is 0 Å². The lowest BCUT2D eigenvalue weighted by atomic mass is 10.2. The minimum atomic E-state index is -0.0674. The zero-order valence-electron chi connectivity index (χ0n) is 14.6. The highest BCUT2D eigenvalue weighted by molar-refractivity contribution is 7.13. The highest BCUT2D eigenvalue weighted by atomic mass is 32.1. The monoisotopic (exact) mass is 371 g/mol. The molecule has 1 fully saturated rings. The number of carbonyl (C=O) groups excluding carboxylic acids is 1. The summed E-state index contributed by atoms with van der Waals surface area (Å²) in [6.07, 6.45) is 0.824. The van der Waals surface area contributed by atoms with Crippen LogP contribution >= 0.6 is 11.5 Å². The summed E-state index contributed by atoms with van der Waals surface area (Å²) in [4.78, 5) is 16.5. The van der Waals surface area contributed by atoms with Crippen LogP contribution in [0.5, 0.6) is 0 Å². The van der Waals surface area contributed by atoms with E-state index in [9.17, 15) is 4.79 Å². The molecular weight excluding hydrogens is 350 g/mol. The third kappa shape index (κ3) is 3.37. The van der Waals surface area contributed by atoms with Gasteiger partial charge in [-0.2, -0.15) is 4.37 Å². The third-order valence-corrected chi connectivity index (χ3v) is 5.43. The first kappa shape index (κ1) is 16.8. The maximum absolute atomic E-state index is 12.4. The van der Waals surface area contributed by atoms with E-state index in [1.54, 1.807) is 0 Å². The first-order valence-electron chi connectivity index (χ1n) is 8.81. The Balaban J connectivity index is 1.32. The number of hydrogen-bond acceptors (Lipinski definition) is 6. The van der Waals surface area contributed by atoms with E-state index in [1.165, 1.54) is 21.6 Å². The number of nitrogens with zero attached hydrogens (tertiary/aromatic N) is 4. The van der Waals surface area contributed by atoms with Gasteiger partial charge in [-0.15, -0.1) is 0 Å². The molecule has 1 aliphatic heterocycles. The van der Waals surface area contributed by atoms with Crippen molar-refractivity contribution < 1.29 is 9.32 Å². The Morgan fingerprint density at radius 2 is 2.08 bits per heavy atom. The lowest BCUT2D eigenvalue weighted by molar-refractivity contribution is 0.192. The molecule has 0 unspecified atom stereocenters. The van der Waals surface area contributed by atoms with Crippen LogP contribution in [0.4, 0.5) is 10.6 Å². The van der Waals surface area contributed by atoms with Crippen molar-refractivity contribution in [1.82, 2.24) is 19.7 Å². The molecule has 1 saturated heterocycles. The molecule has 2 amide bonds. The molecule has 1 aromatic carbocycles. The average molecular weight is 371 g/mol. The zero-order valence-corrected chi connectivity index (χ0v) is 15.5. The lowest BCUT2D eigenvalue weighted by Gasteiger charge is -2.35. The summed E-state index contributed by atoms with van der Waals surface area (Å²) in [5.74, 6) is 1.71. The third-order valence-electron chi connectivity index (χ3n) is 4.61. The number of rotatable bonds is 4. The Morgan fingerprint density at radius 3 is 2.85 bits per heavy atom. The van der Waals surface area contributed by atoms with Crippen molar-refractivity contribution in [2.45, 2.75) is 19.9 Å². The number of hydrogen-bond donors (Lipinski definition) is 1. The number of nitrogens with one attached hydrogen (secondary N) is 1. The average Bonchev–Trinajstić information content (AvgIpc) is 3.33. The van der Waals surface area contributed by atoms with Gasteiger partial charge in [0.25, 0.3) is 0 Å². The lowest BCUT2D eigenvalue weighted by Crippen LogP contribution is -2.51. The fraction of sp³-hybridized carbons (Fsp3) is 0.389. The summed E-state index contributed by atoms with van der Waals surface area (Å²) < 4.78 is 11.0. The summed E-state index contributed by atoms with van der Waals surface area (Å²) >= 11 is 1.52. The van der Waals surface area contributed by atoms with E-state index in [1.807, 2.05) is 30.0 Å². The number of benzene rings is 1. The zero-order chi connectivity index (χ0) is 17.9. The molecule has 0 radical (unpaired) electrons. The first-order chi connectivity index (χ1) is 12.7. The summed E-state index contributed by atoms with van der Waals surface area (Å²) in [5.41, 5.74) is 0.901. The number of carbonyl (C=O) groups is 1. The molecule has 0 spiro atoms. The van der Waals surface area contributed by atoms with E-state index in [-0.39, 0.29) is 6.03 Å². The number of amides is 2. The van der Waals surface area contributed by atoms with Gasteiger partial charge in [-0.1, -0.05) is 24.2 Å². The molecule has 8 heteroatoms. The van der Waals surface area contributed by atoms with Crippen LogP contribution in [0, 0.1) is 0 Å². The molecule has 3 heterocycles. The van der Waals surface area contributed by atoms with Crippen LogP contribution in [-0.4, -0.2) is 46.6 Å². The van der Waals surface area contributed by atoms with Gasteiger partial charge in [0, 0.05) is 37.6 Å². The predicted octanol–water partition coefficient (Wildman–Crippen LogP) is 2.88. The maximum Gasteiger partial charge on any atom is 0.317 e. The van der Waals surface area contributed by atoms with Crippen LogP contribution < -0.4 is 10.2 Å². The summed E-state index contributed by atoms with van der Waals surface area (Å²) in [6, 6.07) is 10.1. The molecule has 0 atom stereocenters. The van der Waals surface area contributed by atoms with Crippen LogP contribution in [0.25, 0.3) is 10.1 Å². The van der Waals surface area contributed by atoms with Crippen molar-refractivity contribution >= 4 is 33.5 Å². The van der Waals surface area contributed by atoms with Crippen molar-refractivity contribution in [3.05, 3.63) is 41.8 Å². The minimum absolute atomic E-state index is 0.0674. The smallest absolute Gasteiger partial charge is 0.317 e. The van der Waals surface area contributed by atoms with E-state index in [2.05, 4.69) is 31.9 Å². The van der Waals surface area contributed by atoms with Crippen LogP contribution in [0.1, 0.15) is 18.4 Å². The van der Waals surface area contributed by atoms with Gasteiger partial charge in [0.15, 0.2) is 5.76 Å². The van der Waals surface area contributed by atoms with Gasteiger partial charge in [0.05, 0.1) is 16.9 Å². The highest BCUT2D eigenvalue weighted by Crippen LogP contribution is 2.29. The predicted molar refractivity (Wildman–Crippen MR) is 102 cm³/mol. The van der Waals surface area contributed by atoms with Gasteiger partial charge in [-0.3, -0.25) is 0 Å². The molecule has 1 aliphatic rings. The summed E-state index contributed by atoms with van der Waals surface area (Å²) in [6.45, 7) is 5.30. The second-order valence-electron chi connectivity index (χ2n) is 6.27. The molecule has 26 heavy (non-hydrogen) atoms. The van der Waals surface area contributed by atoms with E-state index < -0.39 is 0 Å². The Bertz CT molecular complexity index is 898. The van der Waals surface area contributed by atoms with E-state index >= 15 is 0 Å². The van der Waals surface area contributed by atoms with Crippen molar-refractivity contribution in [3.8, 4) is 0 Å². The number of piperazine rings is 1. The van der Waals surface area contributed by atoms with Gasteiger partial charge >= 0.3 is 6.03 Å². The molecule has 7 nitrogen and oxygen atoms in total. The molecule has 0 saturated carbocycles. The van der Waals surface area contributed by atoms with E-state index in [0.717, 1.165) is 31.0 Å². The molecule has 4 rings (SSSR count). The van der Waals surface area contributed by atoms with Crippen molar-refractivity contribution in [2.75, 3.05) is 31.1 Å². The molecule has 0 bridgehead atoms. The molecule has 3 aromatic rings. The Kier molecular flexibility index (Phi) is 4.75. The molecule has 0 aliphatic carbocycles. The maximum atomic E-state index is 12.4. The van der Waals surface area contributed by atoms with Crippen LogP contribution in [0.3, 0.4) is 0 Å². The van der Waals surface area contributed by atoms with Crippen molar-refractivity contribution in [2.24, 2.45) is 0 Å². The Hall–Kier alpha value is -2.61. The number of anilines is 1. The molecule has 136 valence electrons. The second-order valence-corrected chi connectivity index (χ2v) is 7.08. The Morgan fingerprint density at radius 1 is 1.27 bits per heavy atom. The van der Waals surface area contributed by atoms with E-state index in [4.69, 9.17) is 4.52 Å². The molecule has 1 N–H and O–H groups in total. The number of fused-ring (bicyclic) bond motifs is 1. The van der Waals surface area contributed by atoms with Crippen molar-refractivity contribution in [1.29, 1.82) is 0 Å². The van der Waals surface area contributed by atoms with E-state index in [0.29, 0.717) is 25.4 Å². The SMILES string of the molecule is CCc1cc(CNC(=O)N2CCN(c3nsc4ccccc34)CC2)on1. The molecule has 2 aromatic heterocycles. The number of aromatic nitrogens is 2. The summed E-state index contributed by atoms with van der Waals surface area (Å²) in [5, 5.41) is 8.03. The minimum Gasteiger partial charge on any atom is -0.359 e. The van der Waals surface area contributed by atoms with Crippen LogP contribution in [-0.2, 0) is 13.0 Å². The molecular formula is C18H21N5O2S. The topological polar surface area (TPSA) is 74.5 Å². The summed E-state index contributed by atoms with van der Waals surface area (Å²) in [7, 11) is 0. The highest BCUT2D eigenvalue weighted by Gasteiger charge is 2.23. The van der Waals surface area contributed by atoms with Gasteiger partial charge in [-0.25, -0.2) is 4.79 Å².